The van der Waals surface area contributed by atoms with Crippen LogP contribution >= 0.6 is 0 Å². The molecule has 2 heterocycles. The summed E-state index contributed by atoms with van der Waals surface area (Å²) in [5, 5.41) is 0.176. The molecule has 6 nitrogen and oxygen atoms in total. The Labute approximate surface area is 185 Å². The zero-order valence-electron chi connectivity index (χ0n) is 18.0. The van der Waals surface area contributed by atoms with Gasteiger partial charge in [0, 0.05) is 38.4 Å². The predicted molar refractivity (Wildman–Crippen MR) is 124 cm³/mol. The SMILES string of the molecule is CCS(=O)(=O)c1ncc(CN2CCCN(c3ccccc3)CC2)n1Cc1ccccc1. The lowest BCUT2D eigenvalue weighted by Crippen LogP contribution is -2.31. The Kier molecular flexibility index (Phi) is 6.73. The molecule has 0 saturated carbocycles. The van der Waals surface area contributed by atoms with Gasteiger partial charge in [-0.05, 0) is 24.1 Å². The summed E-state index contributed by atoms with van der Waals surface area (Å²) in [6, 6.07) is 20.5. The van der Waals surface area contributed by atoms with Crippen molar-refractivity contribution < 1.29 is 8.42 Å². The van der Waals surface area contributed by atoms with E-state index in [2.05, 4.69) is 39.0 Å². The molecule has 0 unspecified atom stereocenters. The lowest BCUT2D eigenvalue weighted by atomic mass is 10.2. The van der Waals surface area contributed by atoms with Crippen LogP contribution in [0.25, 0.3) is 0 Å². The average Bonchev–Trinajstić information content (AvgIpc) is 3.04. The number of para-hydroxylation sites is 1. The number of anilines is 1. The molecule has 0 amide bonds. The number of sulfone groups is 1. The molecule has 1 aromatic heterocycles. The standard InChI is InChI=1S/C24H30N4O2S/c1-2-31(29,30)24-25-18-23(28(24)19-21-10-5-3-6-11-21)20-26-14-9-15-27(17-16-26)22-12-7-4-8-13-22/h3-8,10-13,18H,2,9,14-17,19-20H2,1H3. The molecule has 1 aliphatic rings. The van der Waals surface area contributed by atoms with Crippen molar-refractivity contribution in [2.24, 2.45) is 0 Å². The van der Waals surface area contributed by atoms with E-state index in [1.54, 1.807) is 13.1 Å². The van der Waals surface area contributed by atoms with Crippen LogP contribution in [0.4, 0.5) is 5.69 Å². The third kappa shape index (κ3) is 5.17. The predicted octanol–water partition coefficient (Wildman–Crippen LogP) is 3.44. The van der Waals surface area contributed by atoms with Crippen molar-refractivity contribution in [2.75, 3.05) is 36.8 Å². The Morgan fingerprint density at radius 3 is 2.29 bits per heavy atom. The van der Waals surface area contributed by atoms with Gasteiger partial charge in [0.05, 0.1) is 24.2 Å². The molecule has 7 heteroatoms. The van der Waals surface area contributed by atoms with Crippen LogP contribution in [0.15, 0.2) is 72.0 Å². The maximum atomic E-state index is 12.7. The summed E-state index contributed by atoms with van der Waals surface area (Å²) in [6.07, 6.45) is 2.81. The summed E-state index contributed by atoms with van der Waals surface area (Å²) in [4.78, 5) is 9.18. The first-order valence-corrected chi connectivity index (χ1v) is 12.6. The normalized spacial score (nSPS) is 15.7. The fourth-order valence-electron chi connectivity index (χ4n) is 4.09. The Morgan fingerprint density at radius 2 is 1.58 bits per heavy atom. The monoisotopic (exact) mass is 438 g/mol. The largest absolute Gasteiger partial charge is 0.370 e. The fraction of sp³-hybridized carbons (Fsp3) is 0.375. The van der Waals surface area contributed by atoms with Gasteiger partial charge >= 0.3 is 0 Å². The highest BCUT2D eigenvalue weighted by atomic mass is 32.2. The van der Waals surface area contributed by atoms with E-state index in [-0.39, 0.29) is 10.9 Å². The van der Waals surface area contributed by atoms with E-state index >= 15 is 0 Å². The highest BCUT2D eigenvalue weighted by Crippen LogP contribution is 2.20. The molecule has 4 rings (SSSR count). The number of benzene rings is 2. The van der Waals surface area contributed by atoms with E-state index in [1.807, 2.05) is 41.0 Å². The van der Waals surface area contributed by atoms with E-state index in [0.717, 1.165) is 43.9 Å². The fourth-order valence-corrected chi connectivity index (χ4v) is 5.07. The molecule has 2 aromatic carbocycles. The third-order valence-electron chi connectivity index (χ3n) is 5.84. The minimum Gasteiger partial charge on any atom is -0.370 e. The maximum Gasteiger partial charge on any atom is 0.228 e. The number of nitrogens with zero attached hydrogens (tertiary/aromatic N) is 4. The van der Waals surface area contributed by atoms with Crippen LogP contribution in [0.1, 0.15) is 24.6 Å². The Bertz CT molecular complexity index is 1080. The minimum atomic E-state index is -3.40. The second-order valence-electron chi connectivity index (χ2n) is 7.96. The Balaban J connectivity index is 1.54. The van der Waals surface area contributed by atoms with E-state index in [4.69, 9.17) is 0 Å². The molecule has 3 aromatic rings. The van der Waals surface area contributed by atoms with Crippen molar-refractivity contribution in [2.45, 2.75) is 31.6 Å². The van der Waals surface area contributed by atoms with Crippen molar-refractivity contribution in [3.05, 3.63) is 78.1 Å². The second kappa shape index (κ2) is 9.66. The highest BCUT2D eigenvalue weighted by molar-refractivity contribution is 7.91. The van der Waals surface area contributed by atoms with Crippen LogP contribution in [-0.4, -0.2) is 54.8 Å². The van der Waals surface area contributed by atoms with E-state index in [0.29, 0.717) is 13.1 Å². The number of aromatic nitrogens is 2. The molecule has 0 N–H and O–H groups in total. The molecular formula is C24H30N4O2S. The maximum absolute atomic E-state index is 12.7. The van der Waals surface area contributed by atoms with Crippen LogP contribution in [0.3, 0.4) is 0 Å². The summed E-state index contributed by atoms with van der Waals surface area (Å²) >= 11 is 0. The topological polar surface area (TPSA) is 58.4 Å². The van der Waals surface area contributed by atoms with Crippen LogP contribution < -0.4 is 4.90 Å². The summed E-state index contributed by atoms with van der Waals surface area (Å²) in [5.74, 6) is 0.0496. The van der Waals surface area contributed by atoms with E-state index in [9.17, 15) is 8.42 Å². The van der Waals surface area contributed by atoms with Crippen molar-refractivity contribution >= 4 is 15.5 Å². The van der Waals surface area contributed by atoms with Gasteiger partial charge in [-0.2, -0.15) is 0 Å². The molecule has 0 aliphatic carbocycles. The van der Waals surface area contributed by atoms with Crippen LogP contribution in [-0.2, 0) is 22.9 Å². The molecular weight excluding hydrogens is 408 g/mol. The van der Waals surface area contributed by atoms with Gasteiger partial charge in [-0.3, -0.25) is 4.90 Å². The highest BCUT2D eigenvalue weighted by Gasteiger charge is 2.23. The molecule has 0 atom stereocenters. The molecule has 1 aliphatic heterocycles. The number of imidazole rings is 1. The summed E-state index contributed by atoms with van der Waals surface area (Å²) in [5.41, 5.74) is 3.28. The first-order valence-electron chi connectivity index (χ1n) is 10.9. The van der Waals surface area contributed by atoms with Crippen molar-refractivity contribution in [3.63, 3.8) is 0 Å². The van der Waals surface area contributed by atoms with E-state index < -0.39 is 9.84 Å². The second-order valence-corrected chi connectivity index (χ2v) is 10.1. The zero-order valence-corrected chi connectivity index (χ0v) is 18.8. The van der Waals surface area contributed by atoms with Gasteiger partial charge in [-0.25, -0.2) is 13.4 Å². The smallest absolute Gasteiger partial charge is 0.228 e. The lowest BCUT2D eigenvalue weighted by molar-refractivity contribution is 0.277. The first kappa shape index (κ1) is 21.6. The molecule has 0 radical (unpaired) electrons. The van der Waals surface area contributed by atoms with Crippen LogP contribution in [0.2, 0.25) is 0 Å². The molecule has 0 bridgehead atoms. The molecule has 0 spiro atoms. The zero-order chi connectivity index (χ0) is 21.7. The van der Waals surface area contributed by atoms with Gasteiger partial charge in [0.1, 0.15) is 0 Å². The van der Waals surface area contributed by atoms with Crippen molar-refractivity contribution in [3.8, 4) is 0 Å². The third-order valence-corrected chi connectivity index (χ3v) is 7.48. The first-order chi connectivity index (χ1) is 15.1. The number of hydrogen-bond acceptors (Lipinski definition) is 5. The summed E-state index contributed by atoms with van der Waals surface area (Å²) in [6.45, 7) is 6.77. The van der Waals surface area contributed by atoms with Gasteiger partial charge in [-0.15, -0.1) is 0 Å². The quantitative estimate of drug-likeness (QED) is 0.566. The van der Waals surface area contributed by atoms with E-state index in [1.165, 1.54) is 5.69 Å². The molecule has 164 valence electrons. The average molecular weight is 439 g/mol. The minimum absolute atomic E-state index is 0.0496. The van der Waals surface area contributed by atoms with Gasteiger partial charge in [0.2, 0.25) is 15.0 Å². The van der Waals surface area contributed by atoms with Crippen LogP contribution in [0.5, 0.6) is 0 Å². The van der Waals surface area contributed by atoms with Gasteiger partial charge in [0.25, 0.3) is 0 Å². The lowest BCUT2D eigenvalue weighted by Gasteiger charge is -2.24. The number of rotatable bonds is 7. The summed E-state index contributed by atoms with van der Waals surface area (Å²) in [7, 11) is -3.40. The molecule has 31 heavy (non-hydrogen) atoms. The molecule has 1 saturated heterocycles. The van der Waals surface area contributed by atoms with Gasteiger partial charge in [-0.1, -0.05) is 55.5 Å². The van der Waals surface area contributed by atoms with Crippen molar-refractivity contribution in [1.82, 2.24) is 14.5 Å². The molecule has 1 fully saturated rings. The van der Waals surface area contributed by atoms with Gasteiger partial charge < -0.3 is 9.47 Å². The van der Waals surface area contributed by atoms with Gasteiger partial charge in [0.15, 0.2) is 0 Å². The summed E-state index contributed by atoms with van der Waals surface area (Å²) < 4.78 is 27.2. The Morgan fingerprint density at radius 1 is 0.871 bits per heavy atom. The van der Waals surface area contributed by atoms with Crippen LogP contribution in [0, 0.1) is 0 Å². The Hall–Kier alpha value is -2.64. The van der Waals surface area contributed by atoms with Crippen molar-refractivity contribution in [1.29, 1.82) is 0 Å². The number of hydrogen-bond donors (Lipinski definition) is 0.